The van der Waals surface area contributed by atoms with Gasteiger partial charge in [-0.05, 0) is 60.7 Å². The molecule has 1 aliphatic heterocycles. The molecule has 0 radical (unpaired) electrons. The van der Waals surface area contributed by atoms with Gasteiger partial charge in [-0.25, -0.2) is 14.6 Å². The van der Waals surface area contributed by atoms with Gasteiger partial charge in [0.1, 0.15) is 30.5 Å². The zero-order valence-corrected chi connectivity index (χ0v) is 31.8. The van der Waals surface area contributed by atoms with Crippen LogP contribution in [0.25, 0.3) is 11.1 Å². The number of ether oxygens (including phenoxy) is 7. The van der Waals surface area contributed by atoms with Crippen molar-refractivity contribution in [1.29, 1.82) is 0 Å². The van der Waals surface area contributed by atoms with Crippen LogP contribution in [0.1, 0.15) is 38.6 Å². The molecule has 1 saturated heterocycles. The third kappa shape index (κ3) is 12.0. The van der Waals surface area contributed by atoms with Crippen molar-refractivity contribution >= 4 is 23.2 Å². The molecular weight excluding hydrogens is 720 g/mol. The lowest BCUT2D eigenvalue weighted by atomic mass is 9.90. The van der Waals surface area contributed by atoms with E-state index in [2.05, 4.69) is 35.7 Å². The molecule has 17 nitrogen and oxygen atoms in total. The number of halogens is 1. The van der Waals surface area contributed by atoms with Crippen molar-refractivity contribution in [3.63, 3.8) is 0 Å². The van der Waals surface area contributed by atoms with Gasteiger partial charge in [0.25, 0.3) is 5.88 Å². The summed E-state index contributed by atoms with van der Waals surface area (Å²) in [5.74, 6) is 1.44. The fourth-order valence-corrected chi connectivity index (χ4v) is 6.65. The van der Waals surface area contributed by atoms with Crippen molar-refractivity contribution in [2.75, 3.05) is 91.6 Å². The van der Waals surface area contributed by atoms with Crippen molar-refractivity contribution in [3.05, 3.63) is 48.1 Å². The molecule has 1 aliphatic carbocycles. The summed E-state index contributed by atoms with van der Waals surface area (Å²) in [6.45, 7) is 9.84. The predicted molar refractivity (Wildman–Crippen MR) is 199 cm³/mol. The van der Waals surface area contributed by atoms with Gasteiger partial charge in [0.15, 0.2) is 0 Å². The van der Waals surface area contributed by atoms with Gasteiger partial charge < -0.3 is 38.5 Å². The van der Waals surface area contributed by atoms with E-state index in [-0.39, 0.29) is 12.1 Å². The molecule has 4 aromatic rings. The van der Waals surface area contributed by atoms with E-state index in [1.54, 1.807) is 36.6 Å². The van der Waals surface area contributed by atoms with Crippen LogP contribution in [-0.2, 0) is 30.2 Å². The molecule has 18 heteroatoms. The molecule has 1 atom stereocenters. The number of benzene rings is 1. The van der Waals surface area contributed by atoms with Crippen LogP contribution in [0.4, 0.5) is 11.6 Å². The number of anilines is 2. The average Bonchev–Trinajstić information content (AvgIpc) is 3.87. The highest BCUT2D eigenvalue weighted by Crippen LogP contribution is 2.35. The van der Waals surface area contributed by atoms with Crippen molar-refractivity contribution in [2.24, 2.45) is 0 Å². The molecule has 6 rings (SSSR count). The molecule has 0 spiro atoms. The number of hydrogen-bond acceptors (Lipinski definition) is 15. The van der Waals surface area contributed by atoms with Gasteiger partial charge in [-0.3, -0.25) is 9.58 Å². The first-order valence-electron chi connectivity index (χ1n) is 18.6. The van der Waals surface area contributed by atoms with Gasteiger partial charge in [0, 0.05) is 44.2 Å². The van der Waals surface area contributed by atoms with Crippen LogP contribution in [0.3, 0.4) is 0 Å². The Morgan fingerprint density at radius 3 is 2.26 bits per heavy atom. The minimum Gasteiger partial charge on any atom is -0.487 e. The highest BCUT2D eigenvalue weighted by atomic mass is 35.5. The molecule has 1 saturated carbocycles. The van der Waals surface area contributed by atoms with Gasteiger partial charge >= 0.3 is 0 Å². The standard InChI is InChI=1S/C36H51ClN10O7/c1-27(24-46-26-40-43-44-46)54-34-21-28(3-8-32(34)37)29-22-38-36(39-23-29)41-33-25-47(31-6-4-30(5-7-31)45-9-11-49-12-10-45)42-35(33)53-20-19-52-18-17-51-16-15-50-14-13-48-2/h3,8,21-23,25-27,30-31H,4-7,9-20,24H2,1-2H3,(H,38,39,41)/t27-,30-,31-/m0/s1. The summed E-state index contributed by atoms with van der Waals surface area (Å²) in [4.78, 5) is 11.8. The normalized spacial score (nSPS) is 18.4. The topological polar surface area (TPSA) is 167 Å². The lowest BCUT2D eigenvalue weighted by molar-refractivity contribution is -0.0000652. The molecule has 3 aromatic heterocycles. The monoisotopic (exact) mass is 770 g/mol. The van der Waals surface area contributed by atoms with Crippen LogP contribution in [0.5, 0.6) is 11.6 Å². The molecule has 2 aliphatic rings. The molecule has 2 fully saturated rings. The molecule has 0 bridgehead atoms. The third-order valence-electron chi connectivity index (χ3n) is 9.27. The lowest BCUT2D eigenvalue weighted by Crippen LogP contribution is -2.45. The van der Waals surface area contributed by atoms with Crippen LogP contribution < -0.4 is 14.8 Å². The summed E-state index contributed by atoms with van der Waals surface area (Å²) in [5, 5.41) is 20.0. The maximum absolute atomic E-state index is 6.48. The van der Waals surface area contributed by atoms with Gasteiger partial charge in [-0.15, -0.1) is 10.2 Å². The second kappa shape index (κ2) is 21.2. The number of tetrazole rings is 1. The van der Waals surface area contributed by atoms with E-state index >= 15 is 0 Å². The number of nitrogens with zero attached hydrogens (tertiary/aromatic N) is 9. The summed E-state index contributed by atoms with van der Waals surface area (Å²) >= 11 is 6.48. The fraction of sp³-hybridized carbons (Fsp3) is 0.611. The van der Waals surface area contributed by atoms with Crippen LogP contribution in [-0.4, -0.2) is 143 Å². The van der Waals surface area contributed by atoms with E-state index in [4.69, 9.17) is 49.9 Å². The SMILES string of the molecule is COCCOCCOCCOCCOc1nn([C@H]2CC[C@H](N3CCOCC3)CC2)cc1Nc1ncc(-c2ccc(Cl)c(O[C@@H](C)Cn3cnnn3)c2)cn1. The van der Waals surface area contributed by atoms with E-state index in [1.807, 2.05) is 29.9 Å². The highest BCUT2D eigenvalue weighted by Gasteiger charge is 2.29. The smallest absolute Gasteiger partial charge is 0.257 e. The third-order valence-corrected chi connectivity index (χ3v) is 9.58. The summed E-state index contributed by atoms with van der Waals surface area (Å²) in [5.41, 5.74) is 2.36. The highest BCUT2D eigenvalue weighted by molar-refractivity contribution is 6.32. The second-order valence-electron chi connectivity index (χ2n) is 13.1. The summed E-state index contributed by atoms with van der Waals surface area (Å²) < 4.78 is 43.1. The minimum absolute atomic E-state index is 0.219. The number of aromatic nitrogens is 8. The first-order valence-corrected chi connectivity index (χ1v) is 19.0. The van der Waals surface area contributed by atoms with Gasteiger partial charge in [0.2, 0.25) is 5.95 Å². The minimum atomic E-state index is -0.219. The Kier molecular flexibility index (Phi) is 15.6. The largest absolute Gasteiger partial charge is 0.487 e. The Hall–Kier alpha value is -3.97. The Morgan fingerprint density at radius 2 is 1.57 bits per heavy atom. The molecule has 0 unspecified atom stereocenters. The molecule has 1 N–H and O–H groups in total. The number of nitrogens with one attached hydrogen (secondary N) is 1. The predicted octanol–water partition coefficient (Wildman–Crippen LogP) is 4.08. The Morgan fingerprint density at radius 1 is 0.889 bits per heavy atom. The van der Waals surface area contributed by atoms with E-state index in [1.165, 1.54) is 0 Å². The zero-order valence-electron chi connectivity index (χ0n) is 31.1. The summed E-state index contributed by atoms with van der Waals surface area (Å²) in [6, 6.07) is 6.44. The van der Waals surface area contributed by atoms with Crippen molar-refractivity contribution in [1.82, 2.24) is 44.9 Å². The molecule has 4 heterocycles. The van der Waals surface area contributed by atoms with E-state index in [0.29, 0.717) is 93.7 Å². The average molecular weight is 771 g/mol. The summed E-state index contributed by atoms with van der Waals surface area (Å²) in [7, 11) is 1.65. The van der Waals surface area contributed by atoms with Crippen LogP contribution in [0.15, 0.2) is 43.1 Å². The second-order valence-corrected chi connectivity index (χ2v) is 13.6. The number of hydrogen-bond donors (Lipinski definition) is 1. The quantitative estimate of drug-likeness (QED) is 0.114. The molecule has 1 aromatic carbocycles. The van der Waals surface area contributed by atoms with Gasteiger partial charge in [-0.1, -0.05) is 17.7 Å². The van der Waals surface area contributed by atoms with Crippen molar-refractivity contribution in [3.8, 4) is 22.8 Å². The van der Waals surface area contributed by atoms with Crippen molar-refractivity contribution in [2.45, 2.75) is 57.3 Å². The van der Waals surface area contributed by atoms with Crippen LogP contribution in [0, 0.1) is 0 Å². The zero-order chi connectivity index (χ0) is 37.4. The Bertz CT molecular complexity index is 1650. The number of methoxy groups -OCH3 is 1. The first-order chi connectivity index (χ1) is 26.6. The molecular formula is C36H51ClN10O7. The fourth-order valence-electron chi connectivity index (χ4n) is 6.48. The Balaban J connectivity index is 1.05. The first kappa shape index (κ1) is 39.7. The molecule has 0 amide bonds. The van der Waals surface area contributed by atoms with Gasteiger partial charge in [0.05, 0.1) is 83.3 Å². The summed E-state index contributed by atoms with van der Waals surface area (Å²) in [6.07, 6.45) is 11.2. The van der Waals surface area contributed by atoms with E-state index in [0.717, 1.165) is 63.1 Å². The van der Waals surface area contributed by atoms with E-state index < -0.39 is 0 Å². The maximum atomic E-state index is 6.48. The van der Waals surface area contributed by atoms with Crippen LogP contribution in [0.2, 0.25) is 5.02 Å². The number of morpholine rings is 1. The van der Waals surface area contributed by atoms with Gasteiger partial charge in [-0.2, -0.15) is 0 Å². The van der Waals surface area contributed by atoms with Crippen molar-refractivity contribution < 1.29 is 33.2 Å². The lowest BCUT2D eigenvalue weighted by Gasteiger charge is -2.38. The number of rotatable bonds is 22. The van der Waals surface area contributed by atoms with E-state index in [9.17, 15) is 0 Å². The Labute approximate surface area is 320 Å². The molecule has 54 heavy (non-hydrogen) atoms. The maximum Gasteiger partial charge on any atom is 0.257 e. The molecule has 294 valence electrons. The van der Waals surface area contributed by atoms with Crippen LogP contribution >= 0.6 is 11.6 Å².